The van der Waals surface area contributed by atoms with Gasteiger partial charge in [-0.3, -0.25) is 0 Å². The molecule has 4 nitrogen and oxygen atoms in total. The summed E-state index contributed by atoms with van der Waals surface area (Å²) in [4.78, 5) is 12.2. The number of carbonyl (C=O) groups excluding carboxylic acids is 1. The average Bonchev–Trinajstić information content (AvgIpc) is 2.96. The van der Waals surface area contributed by atoms with Crippen molar-refractivity contribution in [2.75, 3.05) is 11.9 Å². The molecule has 1 aromatic carbocycles. The number of amides is 2. The van der Waals surface area contributed by atoms with Gasteiger partial charge in [0.25, 0.3) is 0 Å². The van der Waals surface area contributed by atoms with Gasteiger partial charge in [0.2, 0.25) is 0 Å². The lowest BCUT2D eigenvalue weighted by Gasteiger charge is -2.17. The van der Waals surface area contributed by atoms with E-state index in [-0.39, 0.29) is 6.03 Å². The van der Waals surface area contributed by atoms with E-state index >= 15 is 0 Å². The van der Waals surface area contributed by atoms with Gasteiger partial charge >= 0.3 is 6.03 Å². The summed E-state index contributed by atoms with van der Waals surface area (Å²) in [5.74, 6) is 0.873. The molecule has 1 aliphatic rings. The van der Waals surface area contributed by atoms with E-state index in [2.05, 4.69) is 17.6 Å². The normalized spacial score (nSPS) is 15.0. The van der Waals surface area contributed by atoms with Gasteiger partial charge in [0.1, 0.15) is 5.75 Å². The molecule has 2 N–H and O–H groups in total. The largest absolute Gasteiger partial charge is 0.494 e. The number of anilines is 1. The lowest BCUT2D eigenvalue weighted by Crippen LogP contribution is -2.37. The van der Waals surface area contributed by atoms with Gasteiger partial charge in [-0.25, -0.2) is 4.79 Å². The fraction of sp³-hybridized carbons (Fsp3) is 0.708. The SMILES string of the molecule is CCCCCCCCCCOc1ccc(NC(=O)NC2CCCCCC2)cc1. The molecule has 0 radical (unpaired) electrons. The highest BCUT2D eigenvalue weighted by molar-refractivity contribution is 5.89. The highest BCUT2D eigenvalue weighted by atomic mass is 16.5. The lowest BCUT2D eigenvalue weighted by atomic mass is 10.1. The monoisotopic (exact) mass is 388 g/mol. The molecule has 1 aliphatic carbocycles. The molecular formula is C24H40N2O2. The van der Waals surface area contributed by atoms with Crippen molar-refractivity contribution in [2.24, 2.45) is 0 Å². The van der Waals surface area contributed by atoms with Crippen molar-refractivity contribution in [2.45, 2.75) is 103 Å². The minimum absolute atomic E-state index is 0.0977. The van der Waals surface area contributed by atoms with E-state index in [1.54, 1.807) is 0 Å². The number of benzene rings is 1. The molecule has 4 heteroatoms. The van der Waals surface area contributed by atoms with Crippen LogP contribution in [0.4, 0.5) is 10.5 Å². The average molecular weight is 389 g/mol. The molecule has 2 amide bonds. The van der Waals surface area contributed by atoms with Crippen molar-refractivity contribution in [3.63, 3.8) is 0 Å². The van der Waals surface area contributed by atoms with Crippen LogP contribution in [0.15, 0.2) is 24.3 Å². The summed E-state index contributed by atoms with van der Waals surface area (Å²) in [5, 5.41) is 6.05. The minimum Gasteiger partial charge on any atom is -0.494 e. The van der Waals surface area contributed by atoms with Crippen LogP contribution < -0.4 is 15.4 Å². The molecule has 0 heterocycles. The number of nitrogens with one attached hydrogen (secondary N) is 2. The summed E-state index contributed by atoms with van der Waals surface area (Å²) in [6, 6.07) is 7.92. The van der Waals surface area contributed by atoms with Gasteiger partial charge in [-0.05, 0) is 43.5 Å². The van der Waals surface area contributed by atoms with Crippen LogP contribution in [-0.2, 0) is 0 Å². The summed E-state index contributed by atoms with van der Waals surface area (Å²) >= 11 is 0. The molecule has 0 bridgehead atoms. The molecular weight excluding hydrogens is 348 g/mol. The Labute approximate surface area is 171 Å². The van der Waals surface area contributed by atoms with Crippen LogP contribution in [0.3, 0.4) is 0 Å². The summed E-state index contributed by atoms with van der Waals surface area (Å²) in [6.07, 6.45) is 17.7. The zero-order valence-electron chi connectivity index (χ0n) is 17.8. The predicted molar refractivity (Wildman–Crippen MR) is 118 cm³/mol. The van der Waals surface area contributed by atoms with Crippen molar-refractivity contribution < 1.29 is 9.53 Å². The molecule has 0 aromatic heterocycles. The number of ether oxygens (including phenoxy) is 1. The van der Waals surface area contributed by atoms with Crippen LogP contribution in [-0.4, -0.2) is 18.7 Å². The maximum atomic E-state index is 12.2. The first-order valence-electron chi connectivity index (χ1n) is 11.6. The number of carbonyl (C=O) groups is 1. The molecule has 1 fully saturated rings. The quantitative estimate of drug-likeness (QED) is 0.298. The smallest absolute Gasteiger partial charge is 0.319 e. The van der Waals surface area contributed by atoms with Crippen LogP contribution >= 0.6 is 0 Å². The van der Waals surface area contributed by atoms with Gasteiger partial charge in [0.15, 0.2) is 0 Å². The highest BCUT2D eigenvalue weighted by Gasteiger charge is 2.14. The number of rotatable bonds is 12. The fourth-order valence-corrected chi connectivity index (χ4v) is 3.84. The number of unbranched alkanes of at least 4 members (excludes halogenated alkanes) is 7. The number of hydrogen-bond donors (Lipinski definition) is 2. The summed E-state index contributed by atoms with van der Waals surface area (Å²) in [6.45, 7) is 3.02. The van der Waals surface area contributed by atoms with E-state index in [1.165, 1.54) is 70.6 Å². The van der Waals surface area contributed by atoms with Gasteiger partial charge in [-0.1, -0.05) is 77.6 Å². The third-order valence-electron chi connectivity index (χ3n) is 5.57. The third kappa shape index (κ3) is 10.0. The molecule has 0 atom stereocenters. The van der Waals surface area contributed by atoms with Crippen molar-refractivity contribution in [1.82, 2.24) is 5.32 Å². The topological polar surface area (TPSA) is 50.4 Å². The maximum absolute atomic E-state index is 12.2. The molecule has 1 aromatic rings. The van der Waals surface area contributed by atoms with Crippen molar-refractivity contribution in [3.8, 4) is 5.75 Å². The fourth-order valence-electron chi connectivity index (χ4n) is 3.84. The first-order chi connectivity index (χ1) is 13.8. The predicted octanol–water partition coefficient (Wildman–Crippen LogP) is 7.05. The van der Waals surface area contributed by atoms with Gasteiger partial charge in [-0.2, -0.15) is 0 Å². The molecule has 0 spiro atoms. The molecule has 2 rings (SSSR count). The maximum Gasteiger partial charge on any atom is 0.319 e. The van der Waals surface area contributed by atoms with Gasteiger partial charge in [0.05, 0.1) is 6.61 Å². The Morgan fingerprint density at radius 2 is 1.50 bits per heavy atom. The number of urea groups is 1. The molecule has 0 unspecified atom stereocenters. The number of hydrogen-bond acceptors (Lipinski definition) is 2. The molecule has 0 saturated heterocycles. The van der Waals surface area contributed by atoms with Crippen LogP contribution in [0.5, 0.6) is 5.75 Å². The molecule has 28 heavy (non-hydrogen) atoms. The molecule has 1 saturated carbocycles. The van der Waals surface area contributed by atoms with Crippen molar-refractivity contribution in [1.29, 1.82) is 0 Å². The summed E-state index contributed by atoms with van der Waals surface area (Å²) < 4.78 is 5.82. The zero-order valence-corrected chi connectivity index (χ0v) is 17.8. The van der Waals surface area contributed by atoms with Crippen molar-refractivity contribution in [3.05, 3.63) is 24.3 Å². The van der Waals surface area contributed by atoms with Crippen LogP contribution in [0.25, 0.3) is 0 Å². The Balaban J connectivity index is 1.56. The summed E-state index contributed by atoms with van der Waals surface area (Å²) in [7, 11) is 0. The second-order valence-corrected chi connectivity index (χ2v) is 8.13. The van der Waals surface area contributed by atoms with Gasteiger partial charge in [-0.15, -0.1) is 0 Å². The standard InChI is InChI=1S/C24H40N2O2/c1-2-3-4-5-6-7-10-13-20-28-23-18-16-22(17-19-23)26-24(27)25-21-14-11-8-9-12-15-21/h16-19,21H,2-15,20H2,1H3,(H2,25,26,27). The van der Waals surface area contributed by atoms with E-state index < -0.39 is 0 Å². The Bertz CT molecular complexity index is 522. The van der Waals surface area contributed by atoms with E-state index in [1.807, 2.05) is 24.3 Å². The van der Waals surface area contributed by atoms with E-state index in [0.717, 1.165) is 37.3 Å². The Hall–Kier alpha value is -1.71. The molecule has 0 aliphatic heterocycles. The summed E-state index contributed by atoms with van der Waals surface area (Å²) in [5.41, 5.74) is 0.811. The first kappa shape index (κ1) is 22.6. The lowest BCUT2D eigenvalue weighted by molar-refractivity contribution is 0.247. The van der Waals surface area contributed by atoms with E-state index in [4.69, 9.17) is 4.74 Å². The van der Waals surface area contributed by atoms with Crippen LogP contribution in [0.2, 0.25) is 0 Å². The third-order valence-corrected chi connectivity index (χ3v) is 5.57. The van der Waals surface area contributed by atoms with Crippen LogP contribution in [0, 0.1) is 0 Å². The Morgan fingerprint density at radius 1 is 0.893 bits per heavy atom. The van der Waals surface area contributed by atoms with Gasteiger partial charge in [0, 0.05) is 11.7 Å². The van der Waals surface area contributed by atoms with Crippen LogP contribution in [0.1, 0.15) is 96.8 Å². The van der Waals surface area contributed by atoms with Gasteiger partial charge < -0.3 is 15.4 Å². The minimum atomic E-state index is -0.0977. The molecule has 158 valence electrons. The van der Waals surface area contributed by atoms with Crippen molar-refractivity contribution >= 4 is 11.7 Å². The van der Waals surface area contributed by atoms with E-state index in [0.29, 0.717) is 6.04 Å². The second-order valence-electron chi connectivity index (χ2n) is 8.13. The second kappa shape index (κ2) is 14.3. The Morgan fingerprint density at radius 3 is 2.14 bits per heavy atom. The highest BCUT2D eigenvalue weighted by Crippen LogP contribution is 2.19. The van der Waals surface area contributed by atoms with E-state index in [9.17, 15) is 4.79 Å². The first-order valence-corrected chi connectivity index (χ1v) is 11.6. The zero-order chi connectivity index (χ0) is 19.9. The Kier molecular flexibility index (Phi) is 11.5.